The van der Waals surface area contributed by atoms with Crippen LogP contribution in [0.15, 0.2) is 18.2 Å². The Bertz CT molecular complexity index is 381. The molecule has 1 aromatic carbocycles. The van der Waals surface area contributed by atoms with Crippen molar-refractivity contribution in [3.63, 3.8) is 0 Å². The molecule has 1 aliphatic heterocycles. The minimum absolute atomic E-state index is 0.260. The third-order valence-electron chi connectivity index (χ3n) is 3.23. The van der Waals surface area contributed by atoms with E-state index in [1.807, 2.05) is 18.2 Å². The second kappa shape index (κ2) is 4.92. The van der Waals surface area contributed by atoms with Crippen molar-refractivity contribution in [2.24, 2.45) is 5.73 Å². The van der Waals surface area contributed by atoms with Gasteiger partial charge in [-0.15, -0.1) is 0 Å². The number of halogens is 2. The fourth-order valence-corrected chi connectivity index (χ4v) is 2.67. The van der Waals surface area contributed by atoms with Gasteiger partial charge >= 0.3 is 0 Å². The van der Waals surface area contributed by atoms with E-state index >= 15 is 0 Å². The van der Waals surface area contributed by atoms with Crippen LogP contribution in [0, 0.1) is 0 Å². The third kappa shape index (κ3) is 2.51. The van der Waals surface area contributed by atoms with Crippen molar-refractivity contribution in [1.29, 1.82) is 0 Å². The fourth-order valence-electron chi connectivity index (χ4n) is 2.24. The molecule has 4 heteroatoms. The molecule has 0 aliphatic carbocycles. The lowest BCUT2D eigenvalue weighted by molar-refractivity contribution is 0.171. The summed E-state index contributed by atoms with van der Waals surface area (Å²) in [6, 6.07) is 6.16. The maximum Gasteiger partial charge on any atom is 0.0454 e. The van der Waals surface area contributed by atoms with Crippen molar-refractivity contribution in [2.45, 2.75) is 24.9 Å². The van der Waals surface area contributed by atoms with Crippen molar-refractivity contribution < 1.29 is 0 Å². The zero-order chi connectivity index (χ0) is 11.7. The van der Waals surface area contributed by atoms with Gasteiger partial charge in [0.15, 0.2) is 0 Å². The molecule has 2 atom stereocenters. The van der Waals surface area contributed by atoms with E-state index in [1.54, 1.807) is 0 Å². The maximum absolute atomic E-state index is 6.22. The first-order chi connectivity index (χ1) is 7.58. The average molecular weight is 259 g/mol. The zero-order valence-electron chi connectivity index (χ0n) is 9.29. The van der Waals surface area contributed by atoms with Crippen LogP contribution >= 0.6 is 23.2 Å². The largest absolute Gasteiger partial charge is 0.328 e. The minimum Gasteiger partial charge on any atom is -0.328 e. The van der Waals surface area contributed by atoms with Crippen molar-refractivity contribution in [2.75, 3.05) is 13.6 Å². The first-order valence-electron chi connectivity index (χ1n) is 5.48. The van der Waals surface area contributed by atoms with Crippen molar-refractivity contribution in [3.8, 4) is 0 Å². The number of hydrogen-bond donors (Lipinski definition) is 1. The molecule has 0 radical (unpaired) electrons. The highest BCUT2D eigenvalue weighted by molar-refractivity contribution is 6.33. The Morgan fingerprint density at radius 1 is 1.38 bits per heavy atom. The third-order valence-corrected chi connectivity index (χ3v) is 3.81. The van der Waals surface area contributed by atoms with Gasteiger partial charge in [-0.3, -0.25) is 4.90 Å². The Kier molecular flexibility index (Phi) is 3.75. The van der Waals surface area contributed by atoms with Crippen LogP contribution in [0.3, 0.4) is 0 Å². The summed E-state index contributed by atoms with van der Waals surface area (Å²) in [5.41, 5.74) is 7.10. The average Bonchev–Trinajstić information content (AvgIpc) is 2.25. The van der Waals surface area contributed by atoms with E-state index in [0.29, 0.717) is 0 Å². The summed E-state index contributed by atoms with van der Waals surface area (Å²) in [6.45, 7) is 1.01. The normalized spacial score (nSPS) is 27.0. The second-order valence-corrected chi connectivity index (χ2v) is 5.29. The molecule has 2 nitrogen and oxygen atoms in total. The van der Waals surface area contributed by atoms with Gasteiger partial charge in [0, 0.05) is 22.1 Å². The van der Waals surface area contributed by atoms with Crippen LogP contribution < -0.4 is 5.73 Å². The smallest absolute Gasteiger partial charge is 0.0454 e. The summed E-state index contributed by atoms with van der Waals surface area (Å²) in [5.74, 6) is 0. The van der Waals surface area contributed by atoms with Gasteiger partial charge in [-0.1, -0.05) is 23.2 Å². The van der Waals surface area contributed by atoms with E-state index in [9.17, 15) is 0 Å². The molecule has 0 bridgehead atoms. The Balaban J connectivity index is 2.30. The summed E-state index contributed by atoms with van der Waals surface area (Å²) in [6.07, 6.45) is 1.99. The van der Waals surface area contributed by atoms with Gasteiger partial charge in [0.05, 0.1) is 0 Å². The van der Waals surface area contributed by atoms with E-state index in [4.69, 9.17) is 28.9 Å². The number of hydrogen-bond acceptors (Lipinski definition) is 2. The first-order valence-corrected chi connectivity index (χ1v) is 6.24. The van der Waals surface area contributed by atoms with E-state index in [-0.39, 0.29) is 12.1 Å². The van der Waals surface area contributed by atoms with Crippen LogP contribution in [-0.2, 0) is 0 Å². The number of nitrogens with zero attached hydrogens (tertiary/aromatic N) is 1. The van der Waals surface area contributed by atoms with Gasteiger partial charge in [0.25, 0.3) is 0 Å². The van der Waals surface area contributed by atoms with Gasteiger partial charge in [-0.25, -0.2) is 0 Å². The Morgan fingerprint density at radius 2 is 2.12 bits per heavy atom. The molecule has 2 unspecified atom stereocenters. The number of rotatable bonds is 1. The number of nitrogens with two attached hydrogens (primary N) is 1. The van der Waals surface area contributed by atoms with Crippen molar-refractivity contribution in [3.05, 3.63) is 33.8 Å². The molecule has 2 rings (SSSR count). The highest BCUT2D eigenvalue weighted by Crippen LogP contribution is 2.34. The molecule has 0 amide bonds. The summed E-state index contributed by atoms with van der Waals surface area (Å²) < 4.78 is 0. The summed E-state index contributed by atoms with van der Waals surface area (Å²) in [7, 11) is 2.10. The van der Waals surface area contributed by atoms with Crippen molar-refractivity contribution in [1.82, 2.24) is 4.90 Å². The van der Waals surface area contributed by atoms with E-state index in [1.165, 1.54) is 0 Å². The minimum atomic E-state index is 0.260. The summed E-state index contributed by atoms with van der Waals surface area (Å²) in [4.78, 5) is 2.29. The number of benzene rings is 1. The van der Waals surface area contributed by atoms with Gasteiger partial charge in [-0.05, 0) is 50.2 Å². The van der Waals surface area contributed by atoms with Crippen LogP contribution in [0.4, 0.5) is 0 Å². The summed E-state index contributed by atoms with van der Waals surface area (Å²) >= 11 is 12.2. The molecule has 1 heterocycles. The molecule has 2 N–H and O–H groups in total. The SMILES string of the molecule is CN1CCC(N)CC1c1cc(Cl)ccc1Cl. The van der Waals surface area contributed by atoms with Crippen molar-refractivity contribution >= 4 is 23.2 Å². The van der Waals surface area contributed by atoms with Crippen LogP contribution in [0.25, 0.3) is 0 Å². The molecular formula is C12H16Cl2N2. The Labute approximate surface area is 106 Å². The quantitative estimate of drug-likeness (QED) is 0.839. The molecular weight excluding hydrogens is 243 g/mol. The second-order valence-electron chi connectivity index (χ2n) is 4.45. The fraction of sp³-hybridized carbons (Fsp3) is 0.500. The van der Waals surface area contributed by atoms with Crippen LogP contribution in [-0.4, -0.2) is 24.5 Å². The van der Waals surface area contributed by atoms with E-state index in [2.05, 4.69) is 11.9 Å². The van der Waals surface area contributed by atoms with Gasteiger partial charge in [-0.2, -0.15) is 0 Å². The molecule has 0 spiro atoms. The van der Waals surface area contributed by atoms with Gasteiger partial charge in [0.1, 0.15) is 0 Å². The highest BCUT2D eigenvalue weighted by atomic mass is 35.5. The number of likely N-dealkylation sites (tertiary alicyclic amines) is 1. The lowest BCUT2D eigenvalue weighted by Crippen LogP contribution is -2.40. The summed E-state index contributed by atoms with van der Waals surface area (Å²) in [5, 5.41) is 1.50. The molecule has 1 aromatic rings. The van der Waals surface area contributed by atoms with Gasteiger partial charge < -0.3 is 5.73 Å². The predicted octanol–water partition coefficient (Wildman–Crippen LogP) is 3.09. The van der Waals surface area contributed by atoms with Gasteiger partial charge in [0.2, 0.25) is 0 Å². The molecule has 16 heavy (non-hydrogen) atoms. The molecule has 0 saturated carbocycles. The zero-order valence-corrected chi connectivity index (χ0v) is 10.8. The Morgan fingerprint density at radius 3 is 2.88 bits per heavy atom. The topological polar surface area (TPSA) is 29.3 Å². The first kappa shape index (κ1) is 12.2. The number of piperidine rings is 1. The predicted molar refractivity (Wildman–Crippen MR) is 69.0 cm³/mol. The van der Waals surface area contributed by atoms with Crippen LogP contribution in [0.2, 0.25) is 10.0 Å². The molecule has 1 saturated heterocycles. The lowest BCUT2D eigenvalue weighted by Gasteiger charge is -2.36. The highest BCUT2D eigenvalue weighted by Gasteiger charge is 2.26. The molecule has 1 aliphatic rings. The molecule has 1 fully saturated rings. The van der Waals surface area contributed by atoms with E-state index < -0.39 is 0 Å². The lowest BCUT2D eigenvalue weighted by atomic mass is 9.93. The standard InChI is InChI=1S/C12H16Cl2N2/c1-16-5-4-9(15)7-12(16)10-6-8(13)2-3-11(10)14/h2-3,6,9,12H,4-5,7,15H2,1H3. The molecule has 88 valence electrons. The van der Waals surface area contributed by atoms with Crippen LogP contribution in [0.1, 0.15) is 24.4 Å². The van der Waals surface area contributed by atoms with Crippen LogP contribution in [0.5, 0.6) is 0 Å². The maximum atomic E-state index is 6.22. The van der Waals surface area contributed by atoms with E-state index in [0.717, 1.165) is 35.0 Å². The Hall–Kier alpha value is -0.280. The monoisotopic (exact) mass is 258 g/mol. The molecule has 0 aromatic heterocycles.